The summed E-state index contributed by atoms with van der Waals surface area (Å²) < 4.78 is 10.8. The number of ether oxygens (including phenoxy) is 2. The molecule has 1 aliphatic heterocycles. The van der Waals surface area contributed by atoms with Gasteiger partial charge in [0.15, 0.2) is 11.5 Å². The van der Waals surface area contributed by atoms with Gasteiger partial charge in [0.1, 0.15) is 0 Å². The van der Waals surface area contributed by atoms with E-state index in [1.807, 2.05) is 55.6 Å². The number of piperidine rings is 1. The molecule has 0 radical (unpaired) electrons. The van der Waals surface area contributed by atoms with E-state index in [0.717, 1.165) is 11.1 Å². The summed E-state index contributed by atoms with van der Waals surface area (Å²) in [6.45, 7) is 3.16. The standard InChI is InChI=1S/C24H30N2O4/c1-17(27)26-15-20(19-10-11-22(29-3)23(13-19)30-4)12-21(16-26)24(28)25(2)14-18-8-6-5-7-9-18/h5-11,13,20-21H,12,14-16H2,1-4H3. The Hall–Kier alpha value is -3.02. The van der Waals surface area contributed by atoms with E-state index in [2.05, 4.69) is 0 Å². The number of benzene rings is 2. The molecule has 0 N–H and O–H groups in total. The van der Waals surface area contributed by atoms with E-state index in [1.54, 1.807) is 30.9 Å². The van der Waals surface area contributed by atoms with Gasteiger partial charge in [-0.1, -0.05) is 36.4 Å². The summed E-state index contributed by atoms with van der Waals surface area (Å²) in [5, 5.41) is 0. The Morgan fingerprint density at radius 2 is 1.73 bits per heavy atom. The molecular weight excluding hydrogens is 380 g/mol. The predicted octanol–water partition coefficient (Wildman–Crippen LogP) is 3.31. The molecule has 2 atom stereocenters. The molecule has 3 rings (SSSR count). The normalized spacial score (nSPS) is 18.6. The largest absolute Gasteiger partial charge is 0.493 e. The average Bonchev–Trinajstić information content (AvgIpc) is 2.78. The molecule has 2 aromatic carbocycles. The number of hydrogen-bond acceptors (Lipinski definition) is 4. The lowest BCUT2D eigenvalue weighted by Gasteiger charge is -2.38. The quantitative estimate of drug-likeness (QED) is 0.733. The summed E-state index contributed by atoms with van der Waals surface area (Å²) >= 11 is 0. The molecule has 2 unspecified atom stereocenters. The fourth-order valence-electron chi connectivity index (χ4n) is 4.13. The molecular formula is C24H30N2O4. The van der Waals surface area contributed by atoms with Crippen LogP contribution in [0.5, 0.6) is 11.5 Å². The lowest BCUT2D eigenvalue weighted by molar-refractivity contribution is -0.140. The second kappa shape index (κ2) is 9.65. The van der Waals surface area contributed by atoms with E-state index in [-0.39, 0.29) is 23.7 Å². The van der Waals surface area contributed by atoms with Crippen LogP contribution in [0.1, 0.15) is 30.4 Å². The molecule has 0 bridgehead atoms. The highest BCUT2D eigenvalue weighted by Gasteiger charge is 2.35. The van der Waals surface area contributed by atoms with Gasteiger partial charge in [-0.25, -0.2) is 0 Å². The van der Waals surface area contributed by atoms with Crippen LogP contribution in [0.25, 0.3) is 0 Å². The minimum atomic E-state index is -0.241. The third kappa shape index (κ3) is 4.93. The number of carbonyl (C=O) groups is 2. The predicted molar refractivity (Wildman–Crippen MR) is 116 cm³/mol. The molecule has 1 fully saturated rings. The number of hydrogen-bond donors (Lipinski definition) is 0. The van der Waals surface area contributed by atoms with Crippen molar-refractivity contribution in [2.24, 2.45) is 5.92 Å². The summed E-state index contributed by atoms with van der Waals surface area (Å²) in [7, 11) is 5.04. The summed E-state index contributed by atoms with van der Waals surface area (Å²) in [5.74, 6) is 1.18. The third-order valence-corrected chi connectivity index (χ3v) is 5.76. The van der Waals surface area contributed by atoms with Crippen molar-refractivity contribution >= 4 is 11.8 Å². The molecule has 1 aliphatic rings. The average molecular weight is 411 g/mol. The maximum atomic E-state index is 13.2. The summed E-state index contributed by atoms with van der Waals surface area (Å²) in [4.78, 5) is 28.9. The van der Waals surface area contributed by atoms with Gasteiger partial charge in [0, 0.05) is 39.5 Å². The Morgan fingerprint density at radius 1 is 1.03 bits per heavy atom. The second-order valence-corrected chi connectivity index (χ2v) is 7.85. The van der Waals surface area contributed by atoms with Crippen LogP contribution in [-0.4, -0.2) is 56.0 Å². The zero-order valence-corrected chi connectivity index (χ0v) is 18.1. The van der Waals surface area contributed by atoms with Crippen LogP contribution in [0.3, 0.4) is 0 Å². The molecule has 0 aliphatic carbocycles. The summed E-state index contributed by atoms with van der Waals surface area (Å²) in [6.07, 6.45) is 0.692. The number of nitrogens with zero attached hydrogens (tertiary/aromatic N) is 2. The van der Waals surface area contributed by atoms with Gasteiger partial charge in [-0.2, -0.15) is 0 Å². The molecule has 160 valence electrons. The lowest BCUT2D eigenvalue weighted by Crippen LogP contribution is -2.47. The molecule has 2 aromatic rings. The Bertz CT molecular complexity index is 884. The van der Waals surface area contributed by atoms with E-state index >= 15 is 0 Å². The number of rotatable bonds is 6. The SMILES string of the molecule is COc1ccc(C2CC(C(=O)N(C)Cc3ccccc3)CN(C(C)=O)C2)cc1OC. The molecule has 0 spiro atoms. The highest BCUT2D eigenvalue weighted by Crippen LogP contribution is 2.36. The minimum absolute atomic E-state index is 0.0105. The van der Waals surface area contributed by atoms with Crippen LogP contribution in [0.2, 0.25) is 0 Å². The Kier molecular flexibility index (Phi) is 6.98. The van der Waals surface area contributed by atoms with Crippen molar-refractivity contribution in [3.63, 3.8) is 0 Å². The first kappa shape index (κ1) is 21.7. The van der Waals surface area contributed by atoms with Crippen LogP contribution in [0, 0.1) is 5.92 Å². The van der Waals surface area contributed by atoms with Crippen molar-refractivity contribution in [2.45, 2.75) is 25.8 Å². The minimum Gasteiger partial charge on any atom is -0.493 e. The Balaban J connectivity index is 1.80. The van der Waals surface area contributed by atoms with Crippen molar-refractivity contribution in [3.8, 4) is 11.5 Å². The van der Waals surface area contributed by atoms with Crippen molar-refractivity contribution in [1.82, 2.24) is 9.80 Å². The fourth-order valence-corrected chi connectivity index (χ4v) is 4.13. The smallest absolute Gasteiger partial charge is 0.227 e. The van der Waals surface area contributed by atoms with Gasteiger partial charge in [-0.05, 0) is 29.7 Å². The fraction of sp³-hybridized carbons (Fsp3) is 0.417. The molecule has 30 heavy (non-hydrogen) atoms. The molecule has 0 saturated carbocycles. The molecule has 1 heterocycles. The maximum absolute atomic E-state index is 13.2. The van der Waals surface area contributed by atoms with Crippen molar-refractivity contribution < 1.29 is 19.1 Å². The highest BCUT2D eigenvalue weighted by molar-refractivity contribution is 5.81. The maximum Gasteiger partial charge on any atom is 0.227 e. The van der Waals surface area contributed by atoms with E-state index in [4.69, 9.17) is 9.47 Å². The lowest BCUT2D eigenvalue weighted by atomic mass is 9.83. The zero-order chi connectivity index (χ0) is 21.7. The van der Waals surface area contributed by atoms with E-state index in [0.29, 0.717) is 37.6 Å². The Morgan fingerprint density at radius 3 is 2.37 bits per heavy atom. The van der Waals surface area contributed by atoms with Gasteiger partial charge >= 0.3 is 0 Å². The topological polar surface area (TPSA) is 59.1 Å². The summed E-state index contributed by atoms with van der Waals surface area (Å²) in [5.41, 5.74) is 2.13. The van der Waals surface area contributed by atoms with Crippen molar-refractivity contribution in [2.75, 3.05) is 34.4 Å². The summed E-state index contributed by atoms with van der Waals surface area (Å²) in [6, 6.07) is 15.7. The van der Waals surface area contributed by atoms with Gasteiger partial charge in [-0.3, -0.25) is 9.59 Å². The molecule has 0 aromatic heterocycles. The van der Waals surface area contributed by atoms with E-state index in [1.165, 1.54) is 0 Å². The molecule has 6 heteroatoms. The van der Waals surface area contributed by atoms with Gasteiger partial charge in [0.25, 0.3) is 0 Å². The zero-order valence-electron chi connectivity index (χ0n) is 18.1. The van der Waals surface area contributed by atoms with Gasteiger partial charge < -0.3 is 19.3 Å². The van der Waals surface area contributed by atoms with Gasteiger partial charge in [0.05, 0.1) is 20.1 Å². The molecule has 2 amide bonds. The first-order valence-electron chi connectivity index (χ1n) is 10.2. The van der Waals surface area contributed by atoms with Crippen molar-refractivity contribution in [1.29, 1.82) is 0 Å². The monoisotopic (exact) mass is 410 g/mol. The number of amides is 2. The number of carbonyl (C=O) groups excluding carboxylic acids is 2. The Labute approximate surface area is 178 Å². The molecule has 1 saturated heterocycles. The molecule has 6 nitrogen and oxygen atoms in total. The van der Waals surface area contributed by atoms with Crippen LogP contribution >= 0.6 is 0 Å². The highest BCUT2D eigenvalue weighted by atomic mass is 16.5. The van der Waals surface area contributed by atoms with Gasteiger partial charge in [0.2, 0.25) is 11.8 Å². The number of methoxy groups -OCH3 is 2. The number of likely N-dealkylation sites (tertiary alicyclic amines) is 1. The van der Waals surface area contributed by atoms with Crippen LogP contribution in [0.15, 0.2) is 48.5 Å². The van der Waals surface area contributed by atoms with Crippen LogP contribution in [0.4, 0.5) is 0 Å². The first-order valence-corrected chi connectivity index (χ1v) is 10.2. The van der Waals surface area contributed by atoms with Gasteiger partial charge in [-0.15, -0.1) is 0 Å². The van der Waals surface area contributed by atoms with Crippen LogP contribution in [-0.2, 0) is 16.1 Å². The van der Waals surface area contributed by atoms with E-state index < -0.39 is 0 Å². The van der Waals surface area contributed by atoms with Crippen molar-refractivity contribution in [3.05, 3.63) is 59.7 Å². The van der Waals surface area contributed by atoms with E-state index in [9.17, 15) is 9.59 Å². The third-order valence-electron chi connectivity index (χ3n) is 5.76. The second-order valence-electron chi connectivity index (χ2n) is 7.85. The first-order chi connectivity index (χ1) is 14.4. The van der Waals surface area contributed by atoms with Crippen LogP contribution < -0.4 is 9.47 Å².